The van der Waals surface area contributed by atoms with Crippen LogP contribution < -0.4 is 14.8 Å². The van der Waals surface area contributed by atoms with Crippen molar-refractivity contribution >= 4 is 11.3 Å². The van der Waals surface area contributed by atoms with Crippen LogP contribution >= 0.6 is 0 Å². The standard InChI is InChI=1S/C18H19N3O2/c1-2-7-19-14-4-6-18-20-15(12-21(18)11-14)13-3-5-16-17(10-13)23-9-8-22-16/h3-6,10-12,19H,2,7-9H2,1H3. The lowest BCUT2D eigenvalue weighted by Gasteiger charge is -2.18. The quantitative estimate of drug-likeness (QED) is 0.800. The van der Waals surface area contributed by atoms with Crippen LogP contribution in [-0.4, -0.2) is 29.1 Å². The molecule has 5 nitrogen and oxygen atoms in total. The van der Waals surface area contributed by atoms with E-state index in [-0.39, 0.29) is 0 Å². The number of imidazole rings is 1. The fourth-order valence-corrected chi connectivity index (χ4v) is 2.71. The third-order valence-corrected chi connectivity index (χ3v) is 3.87. The molecule has 118 valence electrons. The van der Waals surface area contributed by atoms with Crippen molar-refractivity contribution in [2.75, 3.05) is 25.1 Å². The van der Waals surface area contributed by atoms with Crippen molar-refractivity contribution in [3.8, 4) is 22.8 Å². The minimum Gasteiger partial charge on any atom is -0.486 e. The summed E-state index contributed by atoms with van der Waals surface area (Å²) in [5.74, 6) is 1.59. The average molecular weight is 309 g/mol. The molecular weight excluding hydrogens is 290 g/mol. The second-order valence-electron chi connectivity index (χ2n) is 5.59. The van der Waals surface area contributed by atoms with Gasteiger partial charge in [-0.25, -0.2) is 4.98 Å². The minimum atomic E-state index is 0.591. The van der Waals surface area contributed by atoms with Gasteiger partial charge in [0, 0.05) is 24.5 Å². The van der Waals surface area contributed by atoms with Gasteiger partial charge in [-0.15, -0.1) is 0 Å². The summed E-state index contributed by atoms with van der Waals surface area (Å²) < 4.78 is 13.3. The number of pyridine rings is 1. The predicted octanol–water partition coefficient (Wildman–Crippen LogP) is 3.59. The molecule has 0 spiro atoms. The number of fused-ring (bicyclic) bond motifs is 2. The molecule has 2 aromatic heterocycles. The number of nitrogens with zero attached hydrogens (tertiary/aromatic N) is 2. The van der Waals surface area contributed by atoms with Gasteiger partial charge in [0.2, 0.25) is 0 Å². The highest BCUT2D eigenvalue weighted by atomic mass is 16.6. The van der Waals surface area contributed by atoms with E-state index >= 15 is 0 Å². The Bertz CT molecular complexity index is 841. The van der Waals surface area contributed by atoms with E-state index in [1.165, 1.54) is 0 Å². The highest BCUT2D eigenvalue weighted by Gasteiger charge is 2.13. The van der Waals surface area contributed by atoms with Crippen molar-refractivity contribution in [1.29, 1.82) is 0 Å². The number of anilines is 1. The minimum absolute atomic E-state index is 0.591. The van der Waals surface area contributed by atoms with Crippen molar-refractivity contribution in [3.05, 3.63) is 42.7 Å². The summed E-state index contributed by atoms with van der Waals surface area (Å²) in [7, 11) is 0. The van der Waals surface area contributed by atoms with Gasteiger partial charge in [0.25, 0.3) is 0 Å². The molecule has 1 aromatic carbocycles. The van der Waals surface area contributed by atoms with E-state index in [1.54, 1.807) is 0 Å². The zero-order valence-corrected chi connectivity index (χ0v) is 13.1. The predicted molar refractivity (Wildman–Crippen MR) is 90.4 cm³/mol. The van der Waals surface area contributed by atoms with Crippen LogP contribution in [0.1, 0.15) is 13.3 Å². The first-order valence-electron chi connectivity index (χ1n) is 7.96. The molecule has 0 fully saturated rings. The van der Waals surface area contributed by atoms with Gasteiger partial charge in [0.1, 0.15) is 18.9 Å². The summed E-state index contributed by atoms with van der Waals surface area (Å²) >= 11 is 0. The number of rotatable bonds is 4. The molecule has 0 amide bonds. The van der Waals surface area contributed by atoms with E-state index in [4.69, 9.17) is 14.5 Å². The zero-order chi connectivity index (χ0) is 15.6. The maximum atomic E-state index is 5.65. The van der Waals surface area contributed by atoms with Crippen molar-refractivity contribution < 1.29 is 9.47 Å². The Morgan fingerprint density at radius 3 is 2.83 bits per heavy atom. The molecule has 0 atom stereocenters. The third kappa shape index (κ3) is 2.70. The lowest BCUT2D eigenvalue weighted by molar-refractivity contribution is 0.171. The van der Waals surface area contributed by atoms with Gasteiger partial charge in [-0.3, -0.25) is 0 Å². The van der Waals surface area contributed by atoms with Crippen molar-refractivity contribution in [2.45, 2.75) is 13.3 Å². The second kappa shape index (κ2) is 5.83. The maximum Gasteiger partial charge on any atom is 0.162 e. The van der Waals surface area contributed by atoms with Crippen LogP contribution in [0.4, 0.5) is 5.69 Å². The highest BCUT2D eigenvalue weighted by Crippen LogP contribution is 2.34. The number of hydrogen-bond donors (Lipinski definition) is 1. The van der Waals surface area contributed by atoms with Crippen LogP contribution in [0.5, 0.6) is 11.5 Å². The van der Waals surface area contributed by atoms with Crippen molar-refractivity contribution in [2.24, 2.45) is 0 Å². The van der Waals surface area contributed by atoms with E-state index in [1.807, 2.05) is 34.9 Å². The SMILES string of the molecule is CCCNc1ccc2nc(-c3ccc4c(c3)OCCO4)cn2c1. The van der Waals surface area contributed by atoms with Crippen LogP contribution in [0.25, 0.3) is 16.9 Å². The van der Waals surface area contributed by atoms with Crippen molar-refractivity contribution in [3.63, 3.8) is 0 Å². The summed E-state index contributed by atoms with van der Waals surface area (Å²) in [6, 6.07) is 10.0. The Hall–Kier alpha value is -2.69. The Morgan fingerprint density at radius 1 is 1.09 bits per heavy atom. The summed E-state index contributed by atoms with van der Waals surface area (Å²) in [5, 5.41) is 3.39. The van der Waals surface area contributed by atoms with E-state index in [9.17, 15) is 0 Å². The molecule has 1 aliphatic heterocycles. The largest absolute Gasteiger partial charge is 0.486 e. The highest BCUT2D eigenvalue weighted by molar-refractivity contribution is 5.67. The molecular formula is C18H19N3O2. The fraction of sp³-hybridized carbons (Fsp3) is 0.278. The average Bonchev–Trinajstić information content (AvgIpc) is 3.03. The van der Waals surface area contributed by atoms with Gasteiger partial charge in [0.05, 0.1) is 11.4 Å². The molecule has 0 radical (unpaired) electrons. The first-order valence-corrected chi connectivity index (χ1v) is 7.96. The smallest absolute Gasteiger partial charge is 0.162 e. The molecule has 0 saturated heterocycles. The topological polar surface area (TPSA) is 47.8 Å². The van der Waals surface area contributed by atoms with E-state index in [2.05, 4.69) is 24.5 Å². The third-order valence-electron chi connectivity index (χ3n) is 3.87. The van der Waals surface area contributed by atoms with Gasteiger partial charge in [0.15, 0.2) is 11.5 Å². The summed E-state index contributed by atoms with van der Waals surface area (Å²) in [5.41, 5.74) is 3.98. The molecule has 23 heavy (non-hydrogen) atoms. The lowest BCUT2D eigenvalue weighted by Crippen LogP contribution is -2.15. The van der Waals surface area contributed by atoms with E-state index in [0.717, 1.165) is 47.1 Å². The fourth-order valence-electron chi connectivity index (χ4n) is 2.71. The van der Waals surface area contributed by atoms with Crippen LogP contribution in [0.2, 0.25) is 0 Å². The molecule has 0 unspecified atom stereocenters. The second-order valence-corrected chi connectivity index (χ2v) is 5.59. The molecule has 3 aromatic rings. The van der Waals surface area contributed by atoms with Crippen LogP contribution in [0, 0.1) is 0 Å². The Labute approximate surface area is 134 Å². The van der Waals surface area contributed by atoms with Gasteiger partial charge < -0.3 is 19.2 Å². The summed E-state index contributed by atoms with van der Waals surface area (Å²) in [6.45, 7) is 4.32. The first kappa shape index (κ1) is 13.9. The number of ether oxygens (including phenoxy) is 2. The Kier molecular flexibility index (Phi) is 3.54. The number of hydrogen-bond acceptors (Lipinski definition) is 4. The van der Waals surface area contributed by atoms with Gasteiger partial charge in [-0.05, 0) is 36.8 Å². The number of benzene rings is 1. The molecule has 1 N–H and O–H groups in total. The van der Waals surface area contributed by atoms with Crippen molar-refractivity contribution in [1.82, 2.24) is 9.38 Å². The first-order chi connectivity index (χ1) is 11.3. The van der Waals surface area contributed by atoms with E-state index < -0.39 is 0 Å². The molecule has 3 heterocycles. The van der Waals surface area contributed by atoms with Gasteiger partial charge in [-0.1, -0.05) is 6.92 Å². The Balaban J connectivity index is 1.68. The monoisotopic (exact) mass is 309 g/mol. The zero-order valence-electron chi connectivity index (χ0n) is 13.1. The van der Waals surface area contributed by atoms with Gasteiger partial charge >= 0.3 is 0 Å². The summed E-state index contributed by atoms with van der Waals surface area (Å²) in [4.78, 5) is 4.69. The molecule has 0 bridgehead atoms. The lowest BCUT2D eigenvalue weighted by atomic mass is 10.1. The molecule has 1 aliphatic rings. The molecule has 5 heteroatoms. The molecule has 0 saturated carbocycles. The van der Waals surface area contributed by atoms with Crippen LogP contribution in [0.15, 0.2) is 42.7 Å². The van der Waals surface area contributed by atoms with Crippen LogP contribution in [0.3, 0.4) is 0 Å². The number of nitrogens with one attached hydrogen (secondary N) is 1. The molecule has 4 rings (SSSR count). The summed E-state index contributed by atoms with van der Waals surface area (Å²) in [6.07, 6.45) is 5.21. The Morgan fingerprint density at radius 2 is 1.96 bits per heavy atom. The van der Waals surface area contributed by atoms with E-state index in [0.29, 0.717) is 13.2 Å². The maximum absolute atomic E-state index is 5.65. The normalized spacial score (nSPS) is 13.3. The van der Waals surface area contributed by atoms with Crippen LogP contribution in [-0.2, 0) is 0 Å². The number of aromatic nitrogens is 2. The van der Waals surface area contributed by atoms with Gasteiger partial charge in [-0.2, -0.15) is 0 Å². The molecule has 0 aliphatic carbocycles.